The van der Waals surface area contributed by atoms with Crippen molar-refractivity contribution in [3.8, 4) is 0 Å². The number of carbonyl (C=O) groups is 1. The SMILES string of the molecule is O=C(Nc1ccc(I)cn1)c1cc(C(F)(F)F)ccc1Br. The van der Waals surface area contributed by atoms with Gasteiger partial charge in [-0.05, 0) is 68.9 Å². The summed E-state index contributed by atoms with van der Waals surface area (Å²) < 4.78 is 39.2. The van der Waals surface area contributed by atoms with Gasteiger partial charge in [-0.25, -0.2) is 4.98 Å². The van der Waals surface area contributed by atoms with E-state index in [1.807, 2.05) is 0 Å². The summed E-state index contributed by atoms with van der Waals surface area (Å²) in [6, 6.07) is 6.20. The zero-order valence-corrected chi connectivity index (χ0v) is 14.0. The minimum absolute atomic E-state index is 0.106. The quantitative estimate of drug-likeness (QED) is 0.645. The Balaban J connectivity index is 2.28. The third-order valence-corrected chi connectivity index (χ3v) is 3.84. The molecule has 21 heavy (non-hydrogen) atoms. The van der Waals surface area contributed by atoms with E-state index in [4.69, 9.17) is 0 Å². The number of halogens is 5. The lowest BCUT2D eigenvalue weighted by Gasteiger charge is -2.10. The van der Waals surface area contributed by atoms with Gasteiger partial charge in [0.1, 0.15) is 5.82 Å². The highest BCUT2D eigenvalue weighted by atomic mass is 127. The molecule has 1 heterocycles. The number of hydrogen-bond donors (Lipinski definition) is 1. The highest BCUT2D eigenvalue weighted by Crippen LogP contribution is 2.32. The molecule has 2 rings (SSSR count). The molecule has 1 N–H and O–H groups in total. The van der Waals surface area contributed by atoms with Gasteiger partial charge >= 0.3 is 6.18 Å². The van der Waals surface area contributed by atoms with E-state index in [1.165, 1.54) is 12.3 Å². The fraction of sp³-hybridized carbons (Fsp3) is 0.0769. The monoisotopic (exact) mass is 470 g/mol. The Hall–Kier alpha value is -1.16. The molecule has 0 bridgehead atoms. The van der Waals surface area contributed by atoms with Crippen LogP contribution in [0, 0.1) is 3.57 Å². The lowest BCUT2D eigenvalue weighted by molar-refractivity contribution is -0.137. The van der Waals surface area contributed by atoms with E-state index in [0.29, 0.717) is 0 Å². The minimum atomic E-state index is -4.50. The predicted molar refractivity (Wildman–Crippen MR) is 84.1 cm³/mol. The summed E-state index contributed by atoms with van der Waals surface area (Å²) in [5.74, 6) is -0.397. The van der Waals surface area contributed by atoms with Gasteiger partial charge in [0.15, 0.2) is 0 Å². The second-order valence-corrected chi connectivity index (χ2v) is 6.11. The van der Waals surface area contributed by atoms with Crippen LogP contribution in [0.25, 0.3) is 0 Å². The van der Waals surface area contributed by atoms with Crippen LogP contribution in [-0.4, -0.2) is 10.9 Å². The van der Waals surface area contributed by atoms with Gasteiger partial charge in [0.05, 0.1) is 11.1 Å². The molecule has 0 atom stereocenters. The molecule has 0 spiro atoms. The van der Waals surface area contributed by atoms with E-state index >= 15 is 0 Å². The average Bonchev–Trinajstić information content (AvgIpc) is 2.40. The van der Waals surface area contributed by atoms with E-state index in [-0.39, 0.29) is 15.9 Å². The fourth-order valence-electron chi connectivity index (χ4n) is 1.51. The Morgan fingerprint density at radius 2 is 1.95 bits per heavy atom. The van der Waals surface area contributed by atoms with Crippen molar-refractivity contribution < 1.29 is 18.0 Å². The molecular weight excluding hydrogens is 464 g/mol. The number of carbonyl (C=O) groups excluding carboxylic acids is 1. The maximum absolute atomic E-state index is 12.7. The van der Waals surface area contributed by atoms with E-state index in [0.717, 1.165) is 15.7 Å². The van der Waals surface area contributed by atoms with Crippen molar-refractivity contribution in [2.75, 3.05) is 5.32 Å². The molecule has 0 aliphatic rings. The lowest BCUT2D eigenvalue weighted by Crippen LogP contribution is -2.15. The molecule has 8 heteroatoms. The molecule has 1 amide bonds. The zero-order valence-electron chi connectivity index (χ0n) is 10.2. The first-order chi connectivity index (χ1) is 9.77. The largest absolute Gasteiger partial charge is 0.416 e. The fourth-order valence-corrected chi connectivity index (χ4v) is 2.25. The molecule has 110 valence electrons. The first-order valence-corrected chi connectivity index (χ1v) is 7.44. The molecular formula is C13H7BrF3IN2O. The molecule has 0 aliphatic heterocycles. The van der Waals surface area contributed by atoms with Crippen molar-refractivity contribution in [2.45, 2.75) is 6.18 Å². The molecule has 3 nitrogen and oxygen atoms in total. The molecule has 0 fully saturated rings. The normalized spacial score (nSPS) is 11.3. The molecule has 0 aliphatic carbocycles. The summed E-state index contributed by atoms with van der Waals surface area (Å²) in [6.45, 7) is 0. The van der Waals surface area contributed by atoms with Gasteiger partial charge in [-0.1, -0.05) is 0 Å². The number of rotatable bonds is 2. The van der Waals surface area contributed by atoms with Gasteiger partial charge in [0, 0.05) is 14.2 Å². The van der Waals surface area contributed by atoms with Crippen molar-refractivity contribution >= 4 is 50.2 Å². The van der Waals surface area contributed by atoms with E-state index in [2.05, 4.69) is 48.8 Å². The first kappa shape index (κ1) is 16.2. The molecule has 1 aromatic carbocycles. The van der Waals surface area contributed by atoms with Gasteiger partial charge in [-0.2, -0.15) is 13.2 Å². The summed E-state index contributed by atoms with van der Waals surface area (Å²) >= 11 is 5.13. The number of nitrogens with zero attached hydrogens (tertiary/aromatic N) is 1. The summed E-state index contributed by atoms with van der Waals surface area (Å²) in [7, 11) is 0. The highest BCUT2D eigenvalue weighted by Gasteiger charge is 2.31. The lowest BCUT2D eigenvalue weighted by atomic mass is 10.1. The topological polar surface area (TPSA) is 42.0 Å². The number of alkyl halides is 3. The Morgan fingerprint density at radius 3 is 2.52 bits per heavy atom. The molecule has 0 saturated heterocycles. The van der Waals surface area contributed by atoms with Crippen molar-refractivity contribution in [2.24, 2.45) is 0 Å². The van der Waals surface area contributed by atoms with Crippen LogP contribution < -0.4 is 5.32 Å². The van der Waals surface area contributed by atoms with Crippen LogP contribution in [0.2, 0.25) is 0 Å². The third kappa shape index (κ3) is 4.16. The predicted octanol–water partition coefficient (Wildman–Crippen LogP) is 4.72. The first-order valence-electron chi connectivity index (χ1n) is 5.57. The maximum Gasteiger partial charge on any atom is 0.416 e. The number of amides is 1. The van der Waals surface area contributed by atoms with Crippen LogP contribution in [0.5, 0.6) is 0 Å². The number of nitrogens with one attached hydrogen (secondary N) is 1. The van der Waals surface area contributed by atoms with Crippen molar-refractivity contribution in [1.29, 1.82) is 0 Å². The van der Waals surface area contributed by atoms with Crippen molar-refractivity contribution in [3.63, 3.8) is 0 Å². The minimum Gasteiger partial charge on any atom is -0.307 e. The smallest absolute Gasteiger partial charge is 0.307 e. The van der Waals surface area contributed by atoms with Crippen LogP contribution in [0.15, 0.2) is 41.0 Å². The number of benzene rings is 1. The summed E-state index contributed by atoms with van der Waals surface area (Å²) in [5.41, 5.74) is -0.989. The van der Waals surface area contributed by atoms with E-state index in [9.17, 15) is 18.0 Å². The van der Waals surface area contributed by atoms with Crippen LogP contribution in [0.4, 0.5) is 19.0 Å². The number of pyridine rings is 1. The molecule has 0 unspecified atom stereocenters. The average molecular weight is 471 g/mol. The second kappa shape index (κ2) is 6.30. The third-order valence-electron chi connectivity index (χ3n) is 2.51. The zero-order chi connectivity index (χ0) is 15.6. The Bertz CT molecular complexity index is 674. The van der Waals surface area contributed by atoms with Gasteiger partial charge in [-0.3, -0.25) is 4.79 Å². The van der Waals surface area contributed by atoms with Crippen LogP contribution in [0.3, 0.4) is 0 Å². The molecule has 2 aromatic rings. The standard InChI is InChI=1S/C13H7BrF3IN2O/c14-10-3-1-7(13(15,16)17)5-9(10)12(21)20-11-4-2-8(18)6-19-11/h1-6H,(H,19,20,21). The van der Waals surface area contributed by atoms with Gasteiger partial charge in [0.25, 0.3) is 5.91 Å². The maximum atomic E-state index is 12.7. The van der Waals surface area contributed by atoms with Crippen molar-refractivity contribution in [1.82, 2.24) is 4.98 Å². The number of aromatic nitrogens is 1. The Morgan fingerprint density at radius 1 is 1.24 bits per heavy atom. The van der Waals surface area contributed by atoms with Gasteiger partial charge < -0.3 is 5.32 Å². The van der Waals surface area contributed by atoms with Gasteiger partial charge in [-0.15, -0.1) is 0 Å². The second-order valence-electron chi connectivity index (χ2n) is 4.01. The summed E-state index contributed by atoms with van der Waals surface area (Å²) in [4.78, 5) is 16.0. The summed E-state index contributed by atoms with van der Waals surface area (Å²) in [5, 5.41) is 2.45. The van der Waals surface area contributed by atoms with Gasteiger partial charge in [0.2, 0.25) is 0 Å². The molecule has 0 radical (unpaired) electrons. The Labute approximate surface area is 140 Å². The van der Waals surface area contributed by atoms with Crippen LogP contribution in [-0.2, 0) is 6.18 Å². The highest BCUT2D eigenvalue weighted by molar-refractivity contribution is 14.1. The summed E-state index contributed by atoms with van der Waals surface area (Å²) in [6.07, 6.45) is -2.96. The van der Waals surface area contributed by atoms with Crippen LogP contribution in [0.1, 0.15) is 15.9 Å². The van der Waals surface area contributed by atoms with E-state index in [1.54, 1.807) is 12.1 Å². The number of hydrogen-bond acceptors (Lipinski definition) is 2. The van der Waals surface area contributed by atoms with E-state index < -0.39 is 17.6 Å². The molecule has 0 saturated carbocycles. The number of anilines is 1. The molecule has 1 aromatic heterocycles. The Kier molecular flexibility index (Phi) is 4.87. The van der Waals surface area contributed by atoms with Crippen molar-refractivity contribution in [3.05, 3.63) is 55.7 Å². The van der Waals surface area contributed by atoms with Crippen LogP contribution >= 0.6 is 38.5 Å².